The van der Waals surface area contributed by atoms with Crippen LogP contribution in [0.1, 0.15) is 44.9 Å². The number of aromatic nitrogens is 1. The number of nitrogens with one attached hydrogen (secondary N) is 2. The molecular weight excluding hydrogens is 486 g/mol. The van der Waals surface area contributed by atoms with Gasteiger partial charge in [0.1, 0.15) is 11.9 Å². The zero-order valence-electron chi connectivity index (χ0n) is 20.9. The predicted molar refractivity (Wildman–Crippen MR) is 133 cm³/mol. The molecule has 2 aromatic rings. The Morgan fingerprint density at radius 3 is 2.51 bits per heavy atom. The summed E-state index contributed by atoms with van der Waals surface area (Å²) in [6, 6.07) is 5.76. The molecule has 5 atom stereocenters. The van der Waals surface area contributed by atoms with Crippen LogP contribution in [0.2, 0.25) is 0 Å². The normalized spacial score (nSPS) is 33.4. The lowest BCUT2D eigenvalue weighted by molar-refractivity contribution is -0.144. The number of carbonyl (C=O) groups excluding carboxylic acids is 1. The molecule has 4 saturated carbocycles. The number of carbonyl (C=O) groups is 1. The highest BCUT2D eigenvalue weighted by atomic mass is 19.4. The first-order chi connectivity index (χ1) is 17.7. The summed E-state index contributed by atoms with van der Waals surface area (Å²) in [5, 5.41) is 3.89. The van der Waals surface area contributed by atoms with E-state index in [4.69, 9.17) is 4.74 Å². The number of nitrogens with zero attached hydrogens (tertiary/aromatic N) is 1. The zero-order valence-corrected chi connectivity index (χ0v) is 20.9. The Morgan fingerprint density at radius 1 is 1.05 bits per heavy atom. The third-order valence-corrected chi connectivity index (χ3v) is 9.37. The molecule has 5 fully saturated rings. The first kappa shape index (κ1) is 25.0. The van der Waals surface area contributed by atoms with Gasteiger partial charge in [0.05, 0.1) is 18.8 Å². The Balaban J connectivity index is 0.970. The second-order valence-electron chi connectivity index (χ2n) is 11.9. The minimum atomic E-state index is -4.11. The number of hydrogen-bond donors (Lipinski definition) is 2. The van der Waals surface area contributed by atoms with Gasteiger partial charge < -0.3 is 15.0 Å². The van der Waals surface area contributed by atoms with Crippen molar-refractivity contribution in [3.8, 4) is 5.75 Å². The lowest BCUT2D eigenvalue weighted by Crippen LogP contribution is -2.47. The first-order valence-corrected chi connectivity index (χ1v) is 13.7. The van der Waals surface area contributed by atoms with Crippen LogP contribution in [-0.4, -0.2) is 54.4 Å². The van der Waals surface area contributed by atoms with Gasteiger partial charge in [0.15, 0.2) is 0 Å². The van der Waals surface area contributed by atoms with Gasteiger partial charge in [0, 0.05) is 36.1 Å². The molecule has 1 aromatic carbocycles. The lowest BCUT2D eigenvalue weighted by Gasteiger charge is -2.47. The molecule has 0 unspecified atom stereocenters. The smallest absolute Gasteiger partial charge is 0.401 e. The molecule has 1 aliphatic heterocycles. The van der Waals surface area contributed by atoms with Crippen molar-refractivity contribution in [2.75, 3.05) is 31.6 Å². The van der Waals surface area contributed by atoms with Crippen LogP contribution < -0.4 is 10.1 Å². The molecule has 0 spiro atoms. The molecule has 0 radical (unpaired) electrons. The maximum Gasteiger partial charge on any atom is 0.401 e. The second-order valence-corrected chi connectivity index (χ2v) is 11.9. The quantitative estimate of drug-likeness (QED) is 0.323. The van der Waals surface area contributed by atoms with E-state index in [0.717, 1.165) is 55.2 Å². The Kier molecular flexibility index (Phi) is 6.62. The van der Waals surface area contributed by atoms with Crippen LogP contribution in [0.15, 0.2) is 24.4 Å². The second kappa shape index (κ2) is 9.79. The number of alkyl halides is 4. The number of ether oxygens (including phenoxy) is 1. The molecule has 1 amide bonds. The van der Waals surface area contributed by atoms with Crippen molar-refractivity contribution in [2.45, 2.75) is 57.3 Å². The minimum Gasteiger partial charge on any atom is -0.494 e. The predicted octanol–water partition coefficient (Wildman–Crippen LogP) is 6.17. The average Bonchev–Trinajstić information content (AvgIpc) is 3.47. The molecule has 5 aliphatic rings. The molecule has 202 valence electrons. The van der Waals surface area contributed by atoms with E-state index in [0.29, 0.717) is 55.5 Å². The molecule has 2 N–H and O–H groups in total. The van der Waals surface area contributed by atoms with E-state index in [1.54, 1.807) is 11.1 Å². The van der Waals surface area contributed by atoms with Crippen molar-refractivity contribution >= 4 is 22.5 Å². The molecule has 1 saturated heterocycles. The minimum absolute atomic E-state index is 0.0964. The SMILES string of the molecule is O=C(Nc1c[nH]c2ccc(OCCC[C@@H]3C[C@@H]4CN(CC(F)(F)F)C[C@@H]4C3)cc12)[C@@H]1C[C@H](F)C2CC1C2. The van der Waals surface area contributed by atoms with Gasteiger partial charge >= 0.3 is 6.18 Å². The maximum absolute atomic E-state index is 14.1. The van der Waals surface area contributed by atoms with Crippen molar-refractivity contribution < 1.29 is 27.1 Å². The fourth-order valence-corrected chi connectivity index (χ4v) is 7.50. The molecule has 2 bridgehead atoms. The number of aromatic amines is 1. The van der Waals surface area contributed by atoms with Gasteiger partial charge in [-0.1, -0.05) is 0 Å². The molecular formula is C28H35F4N3O2. The Morgan fingerprint density at radius 2 is 1.81 bits per heavy atom. The fourth-order valence-electron chi connectivity index (χ4n) is 7.50. The van der Waals surface area contributed by atoms with E-state index in [2.05, 4.69) is 10.3 Å². The average molecular weight is 522 g/mol. The van der Waals surface area contributed by atoms with Gasteiger partial charge in [-0.3, -0.25) is 9.69 Å². The van der Waals surface area contributed by atoms with Crippen LogP contribution in [0.25, 0.3) is 10.9 Å². The van der Waals surface area contributed by atoms with Crippen LogP contribution >= 0.6 is 0 Å². The number of benzene rings is 1. The van der Waals surface area contributed by atoms with E-state index in [9.17, 15) is 22.4 Å². The Hall–Kier alpha value is -2.29. The van der Waals surface area contributed by atoms with Crippen molar-refractivity contribution in [3.05, 3.63) is 24.4 Å². The van der Waals surface area contributed by atoms with E-state index in [1.165, 1.54) is 0 Å². The molecule has 9 heteroatoms. The largest absolute Gasteiger partial charge is 0.494 e. The Bertz CT molecular complexity index is 1110. The monoisotopic (exact) mass is 521 g/mol. The highest BCUT2D eigenvalue weighted by molar-refractivity contribution is 6.03. The molecule has 37 heavy (non-hydrogen) atoms. The molecule has 5 nitrogen and oxygen atoms in total. The summed E-state index contributed by atoms with van der Waals surface area (Å²) < 4.78 is 58.2. The van der Waals surface area contributed by atoms with E-state index < -0.39 is 18.9 Å². The third kappa shape index (κ3) is 5.33. The summed E-state index contributed by atoms with van der Waals surface area (Å²) in [6.07, 6.45) is 2.74. The van der Waals surface area contributed by atoms with Crippen molar-refractivity contribution in [1.29, 1.82) is 0 Å². The topological polar surface area (TPSA) is 57.4 Å². The number of amides is 1. The standard InChI is InChI=1S/C28H35F4N3O2/c29-24-11-22(17-8-18(24)9-17)27(36)34-26-12-33-25-4-3-21(10-23(25)26)37-5-1-2-16-6-19-13-35(14-20(19)7-16)15-28(30,31)32/h3-4,10,12,16-20,22,24,33H,1-2,5-9,11,13-15H2,(H,34,36)/t16-,17?,18?,19-,20+,22-,24+/m1/s1. The summed E-state index contributed by atoms with van der Waals surface area (Å²) in [5.41, 5.74) is 1.59. The number of rotatable bonds is 8. The van der Waals surface area contributed by atoms with Crippen LogP contribution in [0.4, 0.5) is 23.2 Å². The van der Waals surface area contributed by atoms with Gasteiger partial charge in [0.25, 0.3) is 0 Å². The number of hydrogen-bond acceptors (Lipinski definition) is 3. The van der Waals surface area contributed by atoms with Gasteiger partial charge in [-0.15, -0.1) is 0 Å². The van der Waals surface area contributed by atoms with Crippen LogP contribution in [-0.2, 0) is 4.79 Å². The van der Waals surface area contributed by atoms with Gasteiger partial charge in [-0.05, 0) is 92.7 Å². The van der Waals surface area contributed by atoms with Crippen LogP contribution in [0.3, 0.4) is 0 Å². The summed E-state index contributed by atoms with van der Waals surface area (Å²) >= 11 is 0. The maximum atomic E-state index is 14.1. The molecule has 4 aliphatic carbocycles. The van der Waals surface area contributed by atoms with Crippen LogP contribution in [0, 0.1) is 35.5 Å². The third-order valence-electron chi connectivity index (χ3n) is 9.37. The zero-order chi connectivity index (χ0) is 25.7. The summed E-state index contributed by atoms with van der Waals surface area (Å²) in [7, 11) is 0. The lowest BCUT2D eigenvalue weighted by atomic mass is 9.59. The van der Waals surface area contributed by atoms with Crippen molar-refractivity contribution in [3.63, 3.8) is 0 Å². The number of anilines is 1. The molecule has 1 aromatic heterocycles. The summed E-state index contributed by atoms with van der Waals surface area (Å²) in [6.45, 7) is 0.938. The number of likely N-dealkylation sites (tertiary alicyclic amines) is 1. The number of halogens is 4. The fraction of sp³-hybridized carbons (Fsp3) is 0.679. The highest BCUT2D eigenvalue weighted by Crippen LogP contribution is 2.50. The van der Waals surface area contributed by atoms with E-state index in [-0.39, 0.29) is 17.7 Å². The first-order valence-electron chi connectivity index (χ1n) is 13.7. The number of H-pyrrole nitrogens is 1. The summed E-state index contributed by atoms with van der Waals surface area (Å²) in [5.74, 6) is 2.20. The van der Waals surface area contributed by atoms with Gasteiger partial charge in [0.2, 0.25) is 5.91 Å². The molecule has 7 rings (SSSR count). The van der Waals surface area contributed by atoms with Crippen molar-refractivity contribution in [2.24, 2.45) is 35.5 Å². The molecule has 2 heterocycles. The highest BCUT2D eigenvalue weighted by Gasteiger charge is 2.49. The van der Waals surface area contributed by atoms with Crippen molar-refractivity contribution in [1.82, 2.24) is 9.88 Å². The van der Waals surface area contributed by atoms with Gasteiger partial charge in [-0.2, -0.15) is 13.2 Å². The van der Waals surface area contributed by atoms with E-state index >= 15 is 0 Å². The van der Waals surface area contributed by atoms with Gasteiger partial charge in [-0.25, -0.2) is 4.39 Å². The van der Waals surface area contributed by atoms with E-state index in [1.807, 2.05) is 18.2 Å². The number of fused-ring (bicyclic) bond motifs is 4. The summed E-state index contributed by atoms with van der Waals surface area (Å²) in [4.78, 5) is 17.6. The van der Waals surface area contributed by atoms with Crippen LogP contribution in [0.5, 0.6) is 5.75 Å². The Labute approximate surface area is 214 Å².